The fourth-order valence-electron chi connectivity index (χ4n) is 3.45. The van der Waals surface area contributed by atoms with E-state index in [0.29, 0.717) is 24.7 Å². The van der Waals surface area contributed by atoms with Crippen LogP contribution in [-0.4, -0.2) is 34.5 Å². The molecular formula is C21H27N3O4. The summed E-state index contributed by atoms with van der Waals surface area (Å²) < 4.78 is 17.7. The summed E-state index contributed by atoms with van der Waals surface area (Å²) in [5.74, 6) is 0.957. The molecule has 0 aromatic carbocycles. The van der Waals surface area contributed by atoms with Crippen LogP contribution in [0.3, 0.4) is 0 Å². The standard InChI is InChI=1S/C21H27N3O4/c1-5-15-11-12-17-21(18-13-19(26-4)23-28-18)16(14(3)22-24(15)17)9-7-8-10-20(25)27-6-2/h11-13H,5-10H2,1-4H3. The Kier molecular flexibility index (Phi) is 6.34. The molecule has 0 radical (unpaired) electrons. The summed E-state index contributed by atoms with van der Waals surface area (Å²) in [7, 11) is 1.57. The minimum Gasteiger partial charge on any atom is -0.479 e. The zero-order chi connectivity index (χ0) is 20.1. The Balaban J connectivity index is 1.95. The van der Waals surface area contributed by atoms with Crippen molar-refractivity contribution in [2.45, 2.75) is 52.9 Å². The molecule has 0 N–H and O–H groups in total. The summed E-state index contributed by atoms with van der Waals surface area (Å²) >= 11 is 0. The van der Waals surface area contributed by atoms with Crippen molar-refractivity contribution in [2.24, 2.45) is 0 Å². The maximum absolute atomic E-state index is 11.6. The van der Waals surface area contributed by atoms with Crippen molar-refractivity contribution in [1.82, 2.24) is 14.8 Å². The highest BCUT2D eigenvalue weighted by Crippen LogP contribution is 2.34. The molecule has 0 spiro atoms. The number of carbonyl (C=O) groups is 1. The molecule has 0 aliphatic heterocycles. The number of methoxy groups -OCH3 is 1. The fraction of sp³-hybridized carbons (Fsp3) is 0.476. The minimum atomic E-state index is -0.146. The molecule has 3 aromatic heterocycles. The molecule has 0 saturated heterocycles. The normalized spacial score (nSPS) is 11.1. The van der Waals surface area contributed by atoms with Gasteiger partial charge >= 0.3 is 5.97 Å². The van der Waals surface area contributed by atoms with Crippen LogP contribution in [0.2, 0.25) is 0 Å². The van der Waals surface area contributed by atoms with E-state index in [1.807, 2.05) is 18.4 Å². The van der Waals surface area contributed by atoms with Crippen molar-refractivity contribution in [3.63, 3.8) is 0 Å². The van der Waals surface area contributed by atoms with Gasteiger partial charge in [-0.1, -0.05) is 6.92 Å². The molecule has 28 heavy (non-hydrogen) atoms. The van der Waals surface area contributed by atoms with Crippen LogP contribution in [0.4, 0.5) is 0 Å². The summed E-state index contributed by atoms with van der Waals surface area (Å²) in [5.41, 5.74) is 5.16. The molecule has 3 heterocycles. The van der Waals surface area contributed by atoms with E-state index in [4.69, 9.17) is 19.1 Å². The quantitative estimate of drug-likeness (QED) is 0.407. The lowest BCUT2D eigenvalue weighted by molar-refractivity contribution is -0.143. The van der Waals surface area contributed by atoms with Crippen LogP contribution < -0.4 is 4.74 Å². The zero-order valence-electron chi connectivity index (χ0n) is 16.9. The predicted octanol–water partition coefficient (Wildman–Crippen LogP) is 4.14. The van der Waals surface area contributed by atoms with Crippen molar-refractivity contribution in [3.05, 3.63) is 35.2 Å². The minimum absolute atomic E-state index is 0.146. The van der Waals surface area contributed by atoms with Crippen LogP contribution in [0.25, 0.3) is 16.8 Å². The van der Waals surface area contributed by atoms with Crippen molar-refractivity contribution in [1.29, 1.82) is 0 Å². The first kappa shape index (κ1) is 19.9. The van der Waals surface area contributed by atoms with Gasteiger partial charge in [0.1, 0.15) is 0 Å². The van der Waals surface area contributed by atoms with Gasteiger partial charge in [0.2, 0.25) is 0 Å². The lowest BCUT2D eigenvalue weighted by Gasteiger charge is -2.13. The third-order valence-electron chi connectivity index (χ3n) is 4.85. The van der Waals surface area contributed by atoms with Gasteiger partial charge in [-0.15, -0.1) is 0 Å². The Morgan fingerprint density at radius 3 is 2.75 bits per heavy atom. The predicted molar refractivity (Wildman–Crippen MR) is 106 cm³/mol. The summed E-state index contributed by atoms with van der Waals surface area (Å²) in [4.78, 5) is 11.6. The van der Waals surface area contributed by atoms with Crippen molar-refractivity contribution < 1.29 is 18.8 Å². The van der Waals surface area contributed by atoms with Crippen molar-refractivity contribution in [2.75, 3.05) is 13.7 Å². The lowest BCUT2D eigenvalue weighted by atomic mass is 9.98. The molecule has 0 saturated carbocycles. The van der Waals surface area contributed by atoms with Crippen LogP contribution in [-0.2, 0) is 22.4 Å². The monoisotopic (exact) mass is 385 g/mol. The molecule has 0 fully saturated rings. The summed E-state index contributed by atoms with van der Waals surface area (Å²) in [5, 5.41) is 8.76. The van der Waals surface area contributed by atoms with E-state index in [0.717, 1.165) is 53.7 Å². The van der Waals surface area contributed by atoms with E-state index in [2.05, 4.69) is 24.2 Å². The molecule has 0 bridgehead atoms. The molecule has 0 atom stereocenters. The number of fused-ring (bicyclic) bond motifs is 1. The second-order valence-corrected chi connectivity index (χ2v) is 6.66. The van der Waals surface area contributed by atoms with E-state index < -0.39 is 0 Å². The number of carbonyl (C=O) groups excluding carboxylic acids is 1. The molecule has 0 aliphatic rings. The zero-order valence-corrected chi connectivity index (χ0v) is 16.9. The molecule has 3 rings (SSSR count). The molecular weight excluding hydrogens is 358 g/mol. The van der Waals surface area contributed by atoms with Gasteiger partial charge in [-0.05, 0) is 62.4 Å². The third kappa shape index (κ3) is 4.03. The molecule has 0 unspecified atom stereocenters. The number of hydrogen-bond acceptors (Lipinski definition) is 6. The van der Waals surface area contributed by atoms with Crippen LogP contribution >= 0.6 is 0 Å². The van der Waals surface area contributed by atoms with Crippen LogP contribution in [0.15, 0.2) is 22.7 Å². The van der Waals surface area contributed by atoms with E-state index in [9.17, 15) is 4.79 Å². The highest BCUT2D eigenvalue weighted by molar-refractivity contribution is 5.81. The van der Waals surface area contributed by atoms with E-state index >= 15 is 0 Å². The van der Waals surface area contributed by atoms with Gasteiger partial charge in [-0.3, -0.25) is 4.79 Å². The third-order valence-corrected chi connectivity index (χ3v) is 4.85. The Labute approximate surface area is 164 Å². The number of nitrogens with zero attached hydrogens (tertiary/aromatic N) is 3. The van der Waals surface area contributed by atoms with E-state index in [1.54, 1.807) is 13.2 Å². The number of esters is 1. The topological polar surface area (TPSA) is 78.9 Å². The Bertz CT molecular complexity index is 958. The number of rotatable bonds is 9. The average molecular weight is 385 g/mol. The van der Waals surface area contributed by atoms with Gasteiger partial charge in [0, 0.05) is 18.2 Å². The van der Waals surface area contributed by atoms with Gasteiger partial charge in [-0.2, -0.15) is 5.10 Å². The number of aromatic nitrogens is 3. The highest BCUT2D eigenvalue weighted by atomic mass is 16.5. The average Bonchev–Trinajstić information content (AvgIpc) is 3.32. The lowest BCUT2D eigenvalue weighted by Crippen LogP contribution is -2.07. The molecule has 7 nitrogen and oxygen atoms in total. The van der Waals surface area contributed by atoms with Gasteiger partial charge in [0.05, 0.1) is 30.5 Å². The first-order valence-corrected chi connectivity index (χ1v) is 9.75. The first-order chi connectivity index (χ1) is 13.6. The van der Waals surface area contributed by atoms with Crippen molar-refractivity contribution in [3.8, 4) is 17.2 Å². The summed E-state index contributed by atoms with van der Waals surface area (Å²) in [6.45, 7) is 6.36. The largest absolute Gasteiger partial charge is 0.479 e. The summed E-state index contributed by atoms with van der Waals surface area (Å²) in [6, 6.07) is 5.95. The smallest absolute Gasteiger partial charge is 0.305 e. The number of ether oxygens (including phenoxy) is 2. The van der Waals surface area contributed by atoms with Crippen molar-refractivity contribution >= 4 is 11.5 Å². The molecule has 7 heteroatoms. The SMILES string of the molecule is CCOC(=O)CCCCc1c(C)nn2c(CC)ccc2c1-c1cc(OC)no1. The van der Waals surface area contributed by atoms with Crippen LogP contribution in [0.5, 0.6) is 5.88 Å². The maximum atomic E-state index is 11.6. The number of unbranched alkanes of at least 4 members (excludes halogenated alkanes) is 1. The second kappa shape index (κ2) is 8.91. The van der Waals surface area contributed by atoms with Gasteiger partial charge in [0.25, 0.3) is 5.88 Å². The highest BCUT2D eigenvalue weighted by Gasteiger charge is 2.20. The molecule has 3 aromatic rings. The molecule has 0 amide bonds. The molecule has 0 aliphatic carbocycles. The molecule has 150 valence electrons. The number of aryl methyl sites for hydroxylation is 2. The maximum Gasteiger partial charge on any atom is 0.305 e. The Morgan fingerprint density at radius 1 is 1.25 bits per heavy atom. The Morgan fingerprint density at radius 2 is 2.07 bits per heavy atom. The number of hydrogen-bond donors (Lipinski definition) is 0. The second-order valence-electron chi connectivity index (χ2n) is 6.66. The van der Waals surface area contributed by atoms with Gasteiger partial charge in [0.15, 0.2) is 5.76 Å². The van der Waals surface area contributed by atoms with E-state index in [-0.39, 0.29) is 5.97 Å². The van der Waals surface area contributed by atoms with Crippen LogP contribution in [0, 0.1) is 6.92 Å². The van der Waals surface area contributed by atoms with E-state index in [1.165, 1.54) is 0 Å². The van der Waals surface area contributed by atoms with Gasteiger partial charge in [-0.25, -0.2) is 4.52 Å². The fourth-order valence-corrected chi connectivity index (χ4v) is 3.45. The van der Waals surface area contributed by atoms with Crippen LogP contribution in [0.1, 0.15) is 50.1 Å². The van der Waals surface area contributed by atoms with Gasteiger partial charge < -0.3 is 14.0 Å². The first-order valence-electron chi connectivity index (χ1n) is 9.75. The summed E-state index contributed by atoms with van der Waals surface area (Å²) in [6.07, 6.45) is 3.73. The Hall–Kier alpha value is -2.83.